The second-order valence-electron chi connectivity index (χ2n) is 4.16. The van der Waals surface area contributed by atoms with E-state index in [-0.39, 0.29) is 12.3 Å². The molecule has 0 spiro atoms. The van der Waals surface area contributed by atoms with Crippen molar-refractivity contribution >= 4 is 21.6 Å². The predicted octanol–water partition coefficient (Wildman–Crippen LogP) is 2.96. The summed E-state index contributed by atoms with van der Waals surface area (Å²) in [5, 5.41) is 0.560. The molecule has 0 aromatic heterocycles. The molecule has 0 amide bonds. The summed E-state index contributed by atoms with van der Waals surface area (Å²) in [5.74, 6) is -0.0295. The Bertz CT molecular complexity index is 642. The molecular weight excluding hydrogens is 282 g/mol. The predicted molar refractivity (Wildman–Crippen MR) is 77.4 cm³/mol. The highest BCUT2D eigenvalue weighted by Crippen LogP contribution is 2.15. The van der Waals surface area contributed by atoms with Crippen molar-refractivity contribution in [1.29, 1.82) is 0 Å². The number of nitrogens with one attached hydrogen (secondary N) is 1. The number of hydrogen-bond acceptors (Lipinski definition) is 2. The summed E-state index contributed by atoms with van der Waals surface area (Å²) < 4.78 is 26.4. The highest BCUT2D eigenvalue weighted by atomic mass is 35.5. The zero-order valence-electron chi connectivity index (χ0n) is 10.2. The molecular formula is C14H14ClNO2S. The Morgan fingerprint density at radius 1 is 0.947 bits per heavy atom. The summed E-state index contributed by atoms with van der Waals surface area (Å²) in [4.78, 5) is 0. The number of sulfonamides is 1. The lowest BCUT2D eigenvalue weighted by Gasteiger charge is -2.08. The van der Waals surface area contributed by atoms with E-state index in [0.29, 0.717) is 5.02 Å². The molecule has 1 N–H and O–H groups in total. The van der Waals surface area contributed by atoms with Crippen LogP contribution in [0.1, 0.15) is 11.1 Å². The maximum Gasteiger partial charge on any atom is 0.216 e. The van der Waals surface area contributed by atoms with Gasteiger partial charge in [-0.05, 0) is 17.2 Å². The van der Waals surface area contributed by atoms with E-state index < -0.39 is 10.0 Å². The first kappa shape index (κ1) is 14.1. The molecule has 0 aliphatic rings. The molecule has 100 valence electrons. The van der Waals surface area contributed by atoms with Crippen molar-refractivity contribution in [2.45, 2.75) is 12.3 Å². The number of halogens is 1. The van der Waals surface area contributed by atoms with Crippen LogP contribution in [0, 0.1) is 0 Å². The van der Waals surface area contributed by atoms with Gasteiger partial charge in [0.15, 0.2) is 0 Å². The van der Waals surface area contributed by atoms with Crippen molar-refractivity contribution in [3.8, 4) is 0 Å². The van der Waals surface area contributed by atoms with Gasteiger partial charge in [0.2, 0.25) is 10.0 Å². The summed E-state index contributed by atoms with van der Waals surface area (Å²) >= 11 is 5.98. The largest absolute Gasteiger partial charge is 0.216 e. The summed E-state index contributed by atoms with van der Waals surface area (Å²) in [6.07, 6.45) is 0. The van der Waals surface area contributed by atoms with Crippen LogP contribution in [0.5, 0.6) is 0 Å². The molecule has 5 heteroatoms. The van der Waals surface area contributed by atoms with E-state index in [0.717, 1.165) is 11.1 Å². The SMILES string of the molecule is O=S(=O)(Cc1ccccc1)NCc1ccccc1Cl. The molecule has 0 saturated carbocycles. The van der Waals surface area contributed by atoms with E-state index in [1.165, 1.54) is 0 Å². The quantitative estimate of drug-likeness (QED) is 0.922. The highest BCUT2D eigenvalue weighted by Gasteiger charge is 2.11. The highest BCUT2D eigenvalue weighted by molar-refractivity contribution is 7.88. The van der Waals surface area contributed by atoms with E-state index in [2.05, 4.69) is 4.72 Å². The third-order valence-electron chi connectivity index (χ3n) is 2.64. The third-order valence-corrected chi connectivity index (χ3v) is 4.31. The fourth-order valence-corrected chi connectivity index (χ4v) is 2.99. The van der Waals surface area contributed by atoms with Crippen LogP contribution >= 0.6 is 11.6 Å². The first-order chi connectivity index (χ1) is 9.07. The maximum atomic E-state index is 11.9. The van der Waals surface area contributed by atoms with Crippen molar-refractivity contribution in [3.63, 3.8) is 0 Å². The molecule has 0 saturated heterocycles. The molecule has 0 aliphatic carbocycles. The molecule has 2 aromatic carbocycles. The van der Waals surface area contributed by atoms with Gasteiger partial charge in [-0.15, -0.1) is 0 Å². The Balaban J connectivity index is 2.01. The van der Waals surface area contributed by atoms with Gasteiger partial charge in [-0.25, -0.2) is 13.1 Å². The van der Waals surface area contributed by atoms with E-state index in [1.54, 1.807) is 24.3 Å². The van der Waals surface area contributed by atoms with Crippen LogP contribution < -0.4 is 4.72 Å². The van der Waals surface area contributed by atoms with Crippen LogP contribution in [-0.4, -0.2) is 8.42 Å². The van der Waals surface area contributed by atoms with Gasteiger partial charge in [0.1, 0.15) is 0 Å². The van der Waals surface area contributed by atoms with Gasteiger partial charge < -0.3 is 0 Å². The Morgan fingerprint density at radius 2 is 1.58 bits per heavy atom. The molecule has 0 bridgehead atoms. The first-order valence-electron chi connectivity index (χ1n) is 5.81. The molecule has 0 aliphatic heterocycles. The number of hydrogen-bond donors (Lipinski definition) is 1. The number of rotatable bonds is 5. The van der Waals surface area contributed by atoms with Crippen molar-refractivity contribution in [2.75, 3.05) is 0 Å². The third kappa shape index (κ3) is 4.35. The maximum absolute atomic E-state index is 11.9. The minimum atomic E-state index is -3.36. The first-order valence-corrected chi connectivity index (χ1v) is 7.84. The monoisotopic (exact) mass is 295 g/mol. The molecule has 0 unspecified atom stereocenters. The van der Waals surface area contributed by atoms with Crippen LogP contribution in [-0.2, 0) is 22.3 Å². The van der Waals surface area contributed by atoms with Gasteiger partial charge in [-0.2, -0.15) is 0 Å². The van der Waals surface area contributed by atoms with Crippen molar-refractivity contribution in [2.24, 2.45) is 0 Å². The van der Waals surface area contributed by atoms with E-state index in [9.17, 15) is 8.42 Å². The standard InChI is InChI=1S/C14H14ClNO2S/c15-14-9-5-4-8-13(14)10-16-19(17,18)11-12-6-2-1-3-7-12/h1-9,16H,10-11H2. The van der Waals surface area contributed by atoms with Crippen LogP contribution in [0.15, 0.2) is 54.6 Å². The average Bonchev–Trinajstić information content (AvgIpc) is 2.38. The molecule has 0 atom stereocenters. The van der Waals surface area contributed by atoms with E-state index in [4.69, 9.17) is 11.6 Å². The minimum Gasteiger partial charge on any atom is -0.212 e. The Labute approximate surface area is 118 Å². The lowest BCUT2D eigenvalue weighted by Crippen LogP contribution is -2.24. The Morgan fingerprint density at radius 3 is 2.26 bits per heavy atom. The second-order valence-corrected chi connectivity index (χ2v) is 6.37. The minimum absolute atomic E-state index is 0.0295. The molecule has 19 heavy (non-hydrogen) atoms. The Kier molecular flexibility index (Phi) is 4.58. The zero-order valence-corrected chi connectivity index (χ0v) is 11.8. The summed E-state index contributed by atoms with van der Waals surface area (Å²) in [6, 6.07) is 16.2. The summed E-state index contributed by atoms with van der Waals surface area (Å²) in [5.41, 5.74) is 1.52. The fraction of sp³-hybridized carbons (Fsp3) is 0.143. The number of benzene rings is 2. The molecule has 3 nitrogen and oxygen atoms in total. The molecule has 0 radical (unpaired) electrons. The van der Waals surface area contributed by atoms with Gasteiger partial charge in [-0.1, -0.05) is 60.1 Å². The van der Waals surface area contributed by atoms with Crippen LogP contribution in [0.2, 0.25) is 5.02 Å². The molecule has 0 fully saturated rings. The van der Waals surface area contributed by atoms with Crippen LogP contribution in [0.25, 0.3) is 0 Å². The molecule has 2 rings (SSSR count). The second kappa shape index (κ2) is 6.19. The topological polar surface area (TPSA) is 46.2 Å². The van der Waals surface area contributed by atoms with Crippen LogP contribution in [0.4, 0.5) is 0 Å². The lowest BCUT2D eigenvalue weighted by molar-refractivity contribution is 0.580. The fourth-order valence-electron chi connectivity index (χ4n) is 1.67. The lowest BCUT2D eigenvalue weighted by atomic mass is 10.2. The normalized spacial score (nSPS) is 11.4. The smallest absolute Gasteiger partial charge is 0.212 e. The van der Waals surface area contributed by atoms with Crippen molar-refractivity contribution < 1.29 is 8.42 Å². The van der Waals surface area contributed by atoms with E-state index in [1.807, 2.05) is 30.3 Å². The van der Waals surface area contributed by atoms with Crippen LogP contribution in [0.3, 0.4) is 0 Å². The zero-order chi connectivity index (χ0) is 13.7. The van der Waals surface area contributed by atoms with Gasteiger partial charge in [-0.3, -0.25) is 0 Å². The van der Waals surface area contributed by atoms with E-state index >= 15 is 0 Å². The van der Waals surface area contributed by atoms with Gasteiger partial charge >= 0.3 is 0 Å². The molecule has 0 heterocycles. The van der Waals surface area contributed by atoms with Crippen molar-refractivity contribution in [1.82, 2.24) is 4.72 Å². The summed E-state index contributed by atoms with van der Waals surface area (Å²) in [7, 11) is -3.36. The molecule has 2 aromatic rings. The van der Waals surface area contributed by atoms with Crippen molar-refractivity contribution in [3.05, 3.63) is 70.7 Å². The average molecular weight is 296 g/mol. The Hall–Kier alpha value is -1.36. The van der Waals surface area contributed by atoms with Gasteiger partial charge in [0.25, 0.3) is 0 Å². The van der Waals surface area contributed by atoms with Gasteiger partial charge in [0.05, 0.1) is 5.75 Å². The summed E-state index contributed by atoms with van der Waals surface area (Å²) in [6.45, 7) is 0.203. The van der Waals surface area contributed by atoms with Gasteiger partial charge in [0, 0.05) is 11.6 Å².